The molecule has 1 heterocycles. The maximum atomic E-state index is 4.44. The Bertz CT molecular complexity index is 392. The fourth-order valence-electron chi connectivity index (χ4n) is 2.62. The molecule has 0 aromatic carbocycles. The topological polar surface area (TPSA) is 24.9 Å². The van der Waals surface area contributed by atoms with E-state index in [1.165, 1.54) is 24.9 Å². The zero-order valence-electron chi connectivity index (χ0n) is 10.8. The van der Waals surface area contributed by atoms with Crippen molar-refractivity contribution in [3.8, 4) is 0 Å². The van der Waals surface area contributed by atoms with Crippen molar-refractivity contribution in [3.63, 3.8) is 0 Å². The Morgan fingerprint density at radius 3 is 2.76 bits per heavy atom. The van der Waals surface area contributed by atoms with Crippen molar-refractivity contribution in [2.45, 2.75) is 46.1 Å². The third-order valence-electron chi connectivity index (χ3n) is 3.85. The summed E-state index contributed by atoms with van der Waals surface area (Å²) in [5, 5.41) is 3.67. The number of nitrogens with zero attached hydrogens (tertiary/aromatic N) is 1. The molecule has 1 aromatic rings. The van der Waals surface area contributed by atoms with Crippen molar-refractivity contribution in [3.05, 3.63) is 22.4 Å². The molecule has 0 saturated heterocycles. The molecular formula is C14H21BrN2. The quantitative estimate of drug-likeness (QED) is 0.819. The van der Waals surface area contributed by atoms with Gasteiger partial charge in [0.15, 0.2) is 0 Å². The van der Waals surface area contributed by atoms with E-state index in [0.29, 0.717) is 6.04 Å². The largest absolute Gasteiger partial charge is 0.381 e. The van der Waals surface area contributed by atoms with E-state index in [1.54, 1.807) is 0 Å². The predicted molar refractivity (Wildman–Crippen MR) is 76.3 cm³/mol. The summed E-state index contributed by atoms with van der Waals surface area (Å²) in [7, 11) is 0. The highest BCUT2D eigenvalue weighted by atomic mass is 79.9. The molecule has 17 heavy (non-hydrogen) atoms. The Balaban J connectivity index is 2.08. The molecule has 0 radical (unpaired) electrons. The van der Waals surface area contributed by atoms with Gasteiger partial charge in [-0.2, -0.15) is 0 Å². The van der Waals surface area contributed by atoms with Crippen molar-refractivity contribution < 1.29 is 0 Å². The molecule has 0 bridgehead atoms. The maximum Gasteiger partial charge on any atom is 0.106 e. The van der Waals surface area contributed by atoms with Crippen molar-refractivity contribution in [2.75, 3.05) is 5.32 Å². The fraction of sp³-hybridized carbons (Fsp3) is 0.643. The number of hydrogen-bond donors (Lipinski definition) is 1. The molecule has 1 saturated carbocycles. The summed E-state index contributed by atoms with van der Waals surface area (Å²) in [6.45, 7) is 6.77. The van der Waals surface area contributed by atoms with Gasteiger partial charge in [-0.15, -0.1) is 0 Å². The van der Waals surface area contributed by atoms with Crippen LogP contribution in [0.1, 0.15) is 38.8 Å². The van der Waals surface area contributed by atoms with Gasteiger partial charge in [0.1, 0.15) is 4.60 Å². The molecule has 3 atom stereocenters. The molecule has 0 aliphatic heterocycles. The molecule has 3 unspecified atom stereocenters. The third kappa shape index (κ3) is 3.21. The zero-order chi connectivity index (χ0) is 12.4. The van der Waals surface area contributed by atoms with Gasteiger partial charge in [0.05, 0.1) is 11.4 Å². The summed E-state index contributed by atoms with van der Waals surface area (Å²) in [6.07, 6.45) is 3.98. The van der Waals surface area contributed by atoms with E-state index in [-0.39, 0.29) is 0 Å². The first-order valence-electron chi connectivity index (χ1n) is 6.46. The van der Waals surface area contributed by atoms with Gasteiger partial charge in [-0.3, -0.25) is 0 Å². The molecule has 1 aliphatic rings. The molecule has 1 aliphatic carbocycles. The number of hydrogen-bond acceptors (Lipinski definition) is 2. The van der Waals surface area contributed by atoms with Crippen LogP contribution in [-0.4, -0.2) is 11.0 Å². The first-order valence-corrected chi connectivity index (χ1v) is 7.25. The van der Waals surface area contributed by atoms with Crippen LogP contribution in [0.5, 0.6) is 0 Å². The molecule has 94 valence electrons. The Morgan fingerprint density at radius 2 is 2.06 bits per heavy atom. The Kier molecular flexibility index (Phi) is 4.08. The average Bonchev–Trinajstić information content (AvgIpc) is 2.27. The Labute approximate surface area is 112 Å². The van der Waals surface area contributed by atoms with Crippen LogP contribution in [0.15, 0.2) is 16.7 Å². The smallest absolute Gasteiger partial charge is 0.106 e. The second kappa shape index (κ2) is 5.38. The molecular weight excluding hydrogens is 276 g/mol. The van der Waals surface area contributed by atoms with Gasteiger partial charge >= 0.3 is 0 Å². The number of aryl methyl sites for hydroxylation is 1. The Morgan fingerprint density at radius 1 is 1.29 bits per heavy atom. The lowest BCUT2D eigenvalue weighted by Crippen LogP contribution is -2.33. The number of nitrogens with one attached hydrogen (secondary N) is 1. The van der Waals surface area contributed by atoms with E-state index in [2.05, 4.69) is 53.1 Å². The highest BCUT2D eigenvalue weighted by Gasteiger charge is 2.25. The van der Waals surface area contributed by atoms with Crippen molar-refractivity contribution >= 4 is 21.6 Å². The minimum absolute atomic E-state index is 0.598. The van der Waals surface area contributed by atoms with Gasteiger partial charge in [-0.1, -0.05) is 20.3 Å². The lowest BCUT2D eigenvalue weighted by atomic mass is 9.80. The van der Waals surface area contributed by atoms with Crippen LogP contribution in [0.3, 0.4) is 0 Å². The summed E-state index contributed by atoms with van der Waals surface area (Å²) >= 11 is 3.40. The zero-order valence-corrected chi connectivity index (χ0v) is 12.4. The summed E-state index contributed by atoms with van der Waals surface area (Å²) in [5.41, 5.74) is 2.25. The molecule has 1 fully saturated rings. The number of pyridine rings is 1. The van der Waals surface area contributed by atoms with Gasteiger partial charge in [0.2, 0.25) is 0 Å². The first-order chi connectivity index (χ1) is 8.06. The van der Waals surface area contributed by atoms with Crippen LogP contribution in [0.4, 0.5) is 5.69 Å². The second-order valence-corrected chi connectivity index (χ2v) is 6.23. The normalized spacial score (nSPS) is 29.1. The van der Waals surface area contributed by atoms with Gasteiger partial charge in [-0.05, 0) is 59.7 Å². The highest BCUT2D eigenvalue weighted by Crippen LogP contribution is 2.31. The maximum absolute atomic E-state index is 4.44. The minimum Gasteiger partial charge on any atom is -0.381 e. The number of halogens is 1. The van der Waals surface area contributed by atoms with Crippen LogP contribution in [-0.2, 0) is 0 Å². The van der Waals surface area contributed by atoms with Gasteiger partial charge in [-0.25, -0.2) is 4.98 Å². The van der Waals surface area contributed by atoms with Crippen molar-refractivity contribution in [1.82, 2.24) is 4.98 Å². The van der Waals surface area contributed by atoms with E-state index >= 15 is 0 Å². The molecule has 2 rings (SSSR count). The molecule has 2 nitrogen and oxygen atoms in total. The number of rotatable bonds is 2. The molecule has 1 aromatic heterocycles. The van der Waals surface area contributed by atoms with Gasteiger partial charge < -0.3 is 5.32 Å². The molecule has 0 spiro atoms. The summed E-state index contributed by atoms with van der Waals surface area (Å²) in [5.74, 6) is 1.60. The van der Waals surface area contributed by atoms with Crippen LogP contribution in [0, 0.1) is 18.8 Å². The number of aromatic nitrogens is 1. The molecule has 1 N–H and O–H groups in total. The van der Waals surface area contributed by atoms with Gasteiger partial charge in [0, 0.05) is 6.04 Å². The van der Waals surface area contributed by atoms with E-state index in [1.807, 2.05) is 6.07 Å². The van der Waals surface area contributed by atoms with E-state index in [9.17, 15) is 0 Å². The first kappa shape index (κ1) is 12.9. The van der Waals surface area contributed by atoms with E-state index in [4.69, 9.17) is 0 Å². The number of anilines is 1. The SMILES string of the molecule is Cc1nc(Br)ccc1NC1CC(C)CCC1C. The van der Waals surface area contributed by atoms with E-state index in [0.717, 1.165) is 22.1 Å². The van der Waals surface area contributed by atoms with Crippen LogP contribution >= 0.6 is 15.9 Å². The standard InChI is InChI=1S/C14H21BrN2/c1-9-4-5-10(2)13(8-9)17-12-6-7-14(15)16-11(12)3/h6-7,9-10,13,17H,4-5,8H2,1-3H3. The lowest BCUT2D eigenvalue weighted by Gasteiger charge is -2.34. The lowest BCUT2D eigenvalue weighted by molar-refractivity contribution is 0.280. The van der Waals surface area contributed by atoms with Gasteiger partial charge in [0.25, 0.3) is 0 Å². The monoisotopic (exact) mass is 296 g/mol. The van der Waals surface area contributed by atoms with Crippen LogP contribution in [0.2, 0.25) is 0 Å². The summed E-state index contributed by atoms with van der Waals surface area (Å²) < 4.78 is 0.908. The van der Waals surface area contributed by atoms with Crippen LogP contribution in [0.25, 0.3) is 0 Å². The summed E-state index contributed by atoms with van der Waals surface area (Å²) in [4.78, 5) is 4.44. The second-order valence-electron chi connectivity index (χ2n) is 5.41. The Hall–Kier alpha value is -0.570. The average molecular weight is 297 g/mol. The fourth-order valence-corrected chi connectivity index (χ4v) is 3.01. The summed E-state index contributed by atoms with van der Waals surface area (Å²) in [6, 6.07) is 4.73. The predicted octanol–water partition coefficient (Wildman–Crippen LogP) is 4.39. The molecule has 3 heteroatoms. The van der Waals surface area contributed by atoms with Crippen molar-refractivity contribution in [1.29, 1.82) is 0 Å². The van der Waals surface area contributed by atoms with Crippen molar-refractivity contribution in [2.24, 2.45) is 11.8 Å². The van der Waals surface area contributed by atoms with E-state index < -0.39 is 0 Å². The van der Waals surface area contributed by atoms with Crippen LogP contribution < -0.4 is 5.32 Å². The molecule has 0 amide bonds. The highest BCUT2D eigenvalue weighted by molar-refractivity contribution is 9.10. The minimum atomic E-state index is 0.598. The third-order valence-corrected chi connectivity index (χ3v) is 4.29.